The Morgan fingerprint density at radius 3 is 2.48 bits per heavy atom. The van der Waals surface area contributed by atoms with Crippen LogP contribution in [0, 0.1) is 0 Å². The van der Waals surface area contributed by atoms with Crippen molar-refractivity contribution >= 4 is 56.6 Å². The molecule has 0 spiro atoms. The first-order valence-electron chi connectivity index (χ1n) is 7.78. The summed E-state index contributed by atoms with van der Waals surface area (Å²) in [5.41, 5.74) is 1.07. The van der Waals surface area contributed by atoms with Crippen molar-refractivity contribution in [2.75, 3.05) is 11.9 Å². The maximum atomic E-state index is 12.8. The van der Waals surface area contributed by atoms with Crippen molar-refractivity contribution in [1.29, 1.82) is 0 Å². The van der Waals surface area contributed by atoms with Crippen LogP contribution in [0.5, 0.6) is 0 Å². The number of rotatable bonds is 3. The molecule has 25 heavy (non-hydrogen) atoms. The molecule has 0 radical (unpaired) electrons. The zero-order valence-electron chi connectivity index (χ0n) is 13.1. The zero-order chi connectivity index (χ0) is 18.0. The highest BCUT2D eigenvalue weighted by atomic mass is 79.9. The smallest absolute Gasteiger partial charge is 0.254 e. The first kappa shape index (κ1) is 18.2. The number of amides is 2. The Balaban J connectivity index is 1.79. The molecule has 3 rings (SSSR count). The Morgan fingerprint density at radius 1 is 1.12 bits per heavy atom. The number of hydrogen-bond donors (Lipinski definition) is 1. The van der Waals surface area contributed by atoms with Crippen LogP contribution in [0.25, 0.3) is 0 Å². The zero-order valence-corrected chi connectivity index (χ0v) is 16.2. The molecule has 2 aromatic rings. The van der Waals surface area contributed by atoms with Gasteiger partial charge in [0.25, 0.3) is 5.91 Å². The van der Waals surface area contributed by atoms with Gasteiger partial charge in [0.15, 0.2) is 0 Å². The number of nitrogens with zero attached hydrogens (tertiary/aromatic N) is 1. The van der Waals surface area contributed by atoms with Crippen molar-refractivity contribution in [2.45, 2.75) is 18.9 Å². The van der Waals surface area contributed by atoms with Crippen LogP contribution < -0.4 is 5.32 Å². The predicted octanol–water partition coefficient (Wildman–Crippen LogP) is 5.00. The molecule has 0 saturated carbocycles. The second-order valence-electron chi connectivity index (χ2n) is 5.78. The van der Waals surface area contributed by atoms with Gasteiger partial charge in [-0.25, -0.2) is 0 Å². The van der Waals surface area contributed by atoms with Gasteiger partial charge in [0.05, 0.1) is 5.69 Å². The first-order valence-corrected chi connectivity index (χ1v) is 9.33. The van der Waals surface area contributed by atoms with E-state index in [1.54, 1.807) is 29.2 Å². The Bertz CT molecular complexity index is 808. The summed E-state index contributed by atoms with van der Waals surface area (Å²) in [5.74, 6) is -0.444. The molecule has 0 aliphatic carbocycles. The molecule has 2 amide bonds. The molecular weight excluding hydrogens is 427 g/mol. The van der Waals surface area contributed by atoms with Crippen LogP contribution in [-0.4, -0.2) is 29.3 Å². The van der Waals surface area contributed by atoms with Gasteiger partial charge < -0.3 is 10.2 Å². The van der Waals surface area contributed by atoms with Gasteiger partial charge in [-0.3, -0.25) is 9.59 Å². The van der Waals surface area contributed by atoms with E-state index < -0.39 is 6.04 Å². The third kappa shape index (κ3) is 4.17. The van der Waals surface area contributed by atoms with E-state index in [4.69, 9.17) is 23.2 Å². The maximum Gasteiger partial charge on any atom is 0.254 e. The van der Waals surface area contributed by atoms with E-state index in [0.29, 0.717) is 34.3 Å². The summed E-state index contributed by atoms with van der Waals surface area (Å²) in [4.78, 5) is 27.1. The number of benzene rings is 2. The molecule has 130 valence electrons. The van der Waals surface area contributed by atoms with Crippen LogP contribution in [0.1, 0.15) is 23.2 Å². The second kappa shape index (κ2) is 7.77. The number of likely N-dealkylation sites (tertiary alicyclic amines) is 1. The average Bonchev–Trinajstić information content (AvgIpc) is 3.05. The summed E-state index contributed by atoms with van der Waals surface area (Å²) in [6.07, 6.45) is 1.39. The summed E-state index contributed by atoms with van der Waals surface area (Å²) < 4.78 is 0.792. The molecule has 4 nitrogen and oxygen atoms in total. The minimum absolute atomic E-state index is 0.203. The Labute approximate surface area is 164 Å². The normalized spacial score (nSPS) is 16.8. The van der Waals surface area contributed by atoms with Gasteiger partial charge >= 0.3 is 0 Å². The topological polar surface area (TPSA) is 49.4 Å². The Hall–Kier alpha value is -1.56. The van der Waals surface area contributed by atoms with Gasteiger partial charge in [-0.05, 0) is 59.1 Å². The highest BCUT2D eigenvalue weighted by Crippen LogP contribution is 2.26. The standard InChI is InChI=1S/C18H15BrCl2N2O2/c19-14-4-1-2-5-15(14)22-17(24)16-6-3-7-23(16)18(25)11-8-12(20)10-13(21)9-11/h1-2,4-5,8-10,16H,3,6-7H2,(H,22,24). The van der Waals surface area contributed by atoms with E-state index >= 15 is 0 Å². The summed E-state index contributed by atoms with van der Waals surface area (Å²) in [5, 5.41) is 3.67. The molecular formula is C18H15BrCl2N2O2. The second-order valence-corrected chi connectivity index (χ2v) is 7.51. The van der Waals surface area contributed by atoms with Gasteiger partial charge in [-0.1, -0.05) is 35.3 Å². The quantitative estimate of drug-likeness (QED) is 0.728. The van der Waals surface area contributed by atoms with Crippen LogP contribution in [0.15, 0.2) is 46.9 Å². The minimum Gasteiger partial charge on any atom is -0.327 e. The van der Waals surface area contributed by atoms with Crippen LogP contribution >= 0.6 is 39.1 Å². The van der Waals surface area contributed by atoms with Gasteiger partial charge in [0, 0.05) is 26.6 Å². The van der Waals surface area contributed by atoms with E-state index in [1.807, 2.05) is 18.2 Å². The van der Waals surface area contributed by atoms with Crippen LogP contribution in [0.4, 0.5) is 5.69 Å². The first-order chi connectivity index (χ1) is 12.0. The lowest BCUT2D eigenvalue weighted by Crippen LogP contribution is -2.43. The number of hydrogen-bond acceptors (Lipinski definition) is 2. The number of para-hydroxylation sites is 1. The molecule has 7 heteroatoms. The molecule has 1 fully saturated rings. The minimum atomic E-state index is -0.516. The molecule has 1 atom stereocenters. The van der Waals surface area contributed by atoms with Gasteiger partial charge in [-0.2, -0.15) is 0 Å². The van der Waals surface area contributed by atoms with Crippen molar-refractivity contribution in [2.24, 2.45) is 0 Å². The Morgan fingerprint density at radius 2 is 1.80 bits per heavy atom. The van der Waals surface area contributed by atoms with Crippen molar-refractivity contribution < 1.29 is 9.59 Å². The molecule has 1 heterocycles. The van der Waals surface area contributed by atoms with Crippen molar-refractivity contribution in [3.63, 3.8) is 0 Å². The fraction of sp³-hybridized carbons (Fsp3) is 0.222. The highest BCUT2D eigenvalue weighted by molar-refractivity contribution is 9.10. The van der Waals surface area contributed by atoms with Gasteiger partial charge in [0.1, 0.15) is 6.04 Å². The van der Waals surface area contributed by atoms with Crippen molar-refractivity contribution in [3.05, 3.63) is 62.5 Å². The molecule has 0 aromatic heterocycles. The lowest BCUT2D eigenvalue weighted by atomic mass is 10.1. The molecule has 1 saturated heterocycles. The lowest BCUT2D eigenvalue weighted by Gasteiger charge is -2.24. The number of carbonyl (C=O) groups excluding carboxylic acids is 2. The number of halogens is 3. The molecule has 1 unspecified atom stereocenters. The third-order valence-electron chi connectivity index (χ3n) is 4.06. The van der Waals surface area contributed by atoms with Crippen molar-refractivity contribution in [1.82, 2.24) is 4.90 Å². The van der Waals surface area contributed by atoms with E-state index in [-0.39, 0.29) is 11.8 Å². The molecule has 2 aromatic carbocycles. The SMILES string of the molecule is O=C(Nc1ccccc1Br)C1CCCN1C(=O)c1cc(Cl)cc(Cl)c1. The fourth-order valence-corrected chi connectivity index (χ4v) is 3.81. The van der Waals surface area contributed by atoms with Crippen LogP contribution in [0.3, 0.4) is 0 Å². The van der Waals surface area contributed by atoms with Gasteiger partial charge in [-0.15, -0.1) is 0 Å². The molecule has 1 aliphatic heterocycles. The average molecular weight is 442 g/mol. The molecule has 1 N–H and O–H groups in total. The lowest BCUT2D eigenvalue weighted by molar-refractivity contribution is -0.119. The molecule has 0 bridgehead atoms. The van der Waals surface area contributed by atoms with E-state index in [2.05, 4.69) is 21.2 Å². The third-order valence-corrected chi connectivity index (χ3v) is 5.19. The fourth-order valence-electron chi connectivity index (χ4n) is 2.90. The van der Waals surface area contributed by atoms with E-state index in [9.17, 15) is 9.59 Å². The van der Waals surface area contributed by atoms with E-state index in [0.717, 1.165) is 10.9 Å². The summed E-state index contributed by atoms with van der Waals surface area (Å²) >= 11 is 15.4. The van der Waals surface area contributed by atoms with Crippen molar-refractivity contribution in [3.8, 4) is 0 Å². The Kier molecular flexibility index (Phi) is 5.67. The summed E-state index contributed by atoms with van der Waals surface area (Å²) in [6, 6.07) is 11.5. The highest BCUT2D eigenvalue weighted by Gasteiger charge is 2.34. The largest absolute Gasteiger partial charge is 0.327 e. The van der Waals surface area contributed by atoms with Gasteiger partial charge in [0.2, 0.25) is 5.91 Å². The number of carbonyl (C=O) groups is 2. The van der Waals surface area contributed by atoms with E-state index in [1.165, 1.54) is 0 Å². The summed E-state index contributed by atoms with van der Waals surface area (Å²) in [7, 11) is 0. The predicted molar refractivity (Wildman–Crippen MR) is 103 cm³/mol. The monoisotopic (exact) mass is 440 g/mol. The number of anilines is 1. The summed E-state index contributed by atoms with van der Waals surface area (Å²) in [6.45, 7) is 0.525. The molecule has 1 aliphatic rings. The number of nitrogens with one attached hydrogen (secondary N) is 1. The van der Waals surface area contributed by atoms with Crippen LogP contribution in [-0.2, 0) is 4.79 Å². The van der Waals surface area contributed by atoms with Crippen LogP contribution in [0.2, 0.25) is 10.0 Å². The maximum absolute atomic E-state index is 12.8.